The van der Waals surface area contributed by atoms with Gasteiger partial charge in [-0.3, -0.25) is 0 Å². The van der Waals surface area contributed by atoms with Gasteiger partial charge in [0, 0.05) is 33.0 Å². The third-order valence-electron chi connectivity index (χ3n) is 10.4. The quantitative estimate of drug-likeness (QED) is 0.155. The number of benzene rings is 8. The number of para-hydroxylation sites is 2. The Morgan fingerprint density at radius 2 is 0.807 bits per heavy atom. The fourth-order valence-corrected chi connectivity index (χ4v) is 8.70. The van der Waals surface area contributed by atoms with Crippen LogP contribution in [0.5, 0.6) is 0 Å². The van der Waals surface area contributed by atoms with Gasteiger partial charge in [-0.15, -0.1) is 0 Å². The first-order valence-electron chi connectivity index (χ1n) is 19.2. The van der Waals surface area contributed by atoms with Crippen molar-refractivity contribution in [3.05, 3.63) is 218 Å². The van der Waals surface area contributed by atoms with Crippen molar-refractivity contribution in [2.24, 2.45) is 0 Å². The highest BCUT2D eigenvalue weighted by Gasteiger charge is 2.27. The molecule has 0 atom stereocenters. The Morgan fingerprint density at radius 1 is 0.351 bits per heavy atom. The summed E-state index contributed by atoms with van der Waals surface area (Å²) < 4.78 is 0. The zero-order valence-electron chi connectivity index (χ0n) is 31.0. The molecule has 0 saturated heterocycles. The van der Waals surface area contributed by atoms with Crippen molar-refractivity contribution in [2.45, 2.75) is 16.2 Å². The van der Waals surface area contributed by atoms with Crippen molar-refractivity contribution in [2.75, 3.05) is 4.90 Å². The van der Waals surface area contributed by atoms with Gasteiger partial charge >= 0.3 is 0 Å². The number of hydrogen-bond donors (Lipinski definition) is 0. The average Bonchev–Trinajstić information content (AvgIpc) is 3.29. The number of aromatic nitrogens is 3. The van der Waals surface area contributed by atoms with Crippen LogP contribution in [0.1, 0.15) is 11.4 Å². The van der Waals surface area contributed by atoms with Gasteiger partial charge in [0.05, 0.1) is 11.4 Å². The monoisotopic (exact) mass is 748 g/mol. The van der Waals surface area contributed by atoms with Crippen molar-refractivity contribution in [1.29, 1.82) is 0 Å². The summed E-state index contributed by atoms with van der Waals surface area (Å²) in [4.78, 5) is 20.1. The van der Waals surface area contributed by atoms with Gasteiger partial charge < -0.3 is 4.90 Å². The summed E-state index contributed by atoms with van der Waals surface area (Å²) in [5.41, 5.74) is 13.4. The van der Waals surface area contributed by atoms with Gasteiger partial charge in [0.2, 0.25) is 0 Å². The van der Waals surface area contributed by atoms with E-state index in [9.17, 15) is 0 Å². The molecule has 1 aliphatic rings. The third-order valence-corrected chi connectivity index (χ3v) is 11.5. The Bertz CT molecular complexity index is 2740. The van der Waals surface area contributed by atoms with Gasteiger partial charge in [0.25, 0.3) is 0 Å². The fourth-order valence-electron chi connectivity index (χ4n) is 7.64. The molecule has 4 nitrogen and oxygen atoms in total. The lowest BCUT2D eigenvalue weighted by molar-refractivity contribution is 0.930. The Labute approximate surface area is 337 Å². The summed E-state index contributed by atoms with van der Waals surface area (Å²) in [6.45, 7) is 0. The van der Waals surface area contributed by atoms with E-state index in [2.05, 4.69) is 175 Å². The van der Waals surface area contributed by atoms with Crippen LogP contribution in [0.15, 0.2) is 216 Å². The van der Waals surface area contributed by atoms with Crippen LogP contribution in [0.3, 0.4) is 0 Å². The van der Waals surface area contributed by atoms with Gasteiger partial charge in [-0.2, -0.15) is 0 Å². The van der Waals surface area contributed by atoms with Crippen LogP contribution in [-0.4, -0.2) is 15.0 Å². The van der Waals surface area contributed by atoms with Crippen LogP contribution in [0, 0.1) is 0 Å². The molecule has 0 radical (unpaired) electrons. The molecule has 5 heteroatoms. The van der Waals surface area contributed by atoms with E-state index in [0.717, 1.165) is 44.9 Å². The van der Waals surface area contributed by atoms with E-state index in [1.54, 1.807) is 0 Å². The highest BCUT2D eigenvalue weighted by atomic mass is 32.2. The Morgan fingerprint density at radius 3 is 1.37 bits per heavy atom. The fraction of sp³-hybridized carbons (Fsp3) is 0.0192. The first kappa shape index (κ1) is 34.4. The normalized spacial score (nSPS) is 11.8. The summed E-state index contributed by atoms with van der Waals surface area (Å²) in [5, 5.41) is 0. The predicted octanol–water partition coefficient (Wildman–Crippen LogP) is 13.7. The number of rotatable bonds is 8. The second-order valence-electron chi connectivity index (χ2n) is 14.0. The van der Waals surface area contributed by atoms with Gasteiger partial charge in [-0.25, -0.2) is 15.0 Å². The molecule has 9 aromatic rings. The van der Waals surface area contributed by atoms with E-state index < -0.39 is 0 Å². The van der Waals surface area contributed by atoms with Crippen LogP contribution < -0.4 is 4.90 Å². The van der Waals surface area contributed by atoms with E-state index in [4.69, 9.17) is 15.0 Å². The van der Waals surface area contributed by atoms with Gasteiger partial charge in [0.15, 0.2) is 11.6 Å². The number of nitrogens with zero attached hydrogens (tertiary/aromatic N) is 4. The van der Waals surface area contributed by atoms with E-state index in [0.29, 0.717) is 23.9 Å². The van der Waals surface area contributed by atoms with E-state index in [-0.39, 0.29) is 0 Å². The van der Waals surface area contributed by atoms with Crippen molar-refractivity contribution < 1.29 is 0 Å². The summed E-state index contributed by atoms with van der Waals surface area (Å²) in [6, 6.07) is 72.7. The molecule has 57 heavy (non-hydrogen) atoms. The molecule has 0 spiro atoms. The van der Waals surface area contributed by atoms with Gasteiger partial charge in [-0.1, -0.05) is 176 Å². The summed E-state index contributed by atoms with van der Waals surface area (Å²) in [6.07, 6.45) is 0.493. The highest BCUT2D eigenvalue weighted by Crippen LogP contribution is 2.52. The van der Waals surface area contributed by atoms with Crippen molar-refractivity contribution in [3.8, 4) is 56.2 Å². The summed E-state index contributed by atoms with van der Waals surface area (Å²) in [7, 11) is 0. The first-order chi connectivity index (χ1) is 28.2. The lowest BCUT2D eigenvalue weighted by Crippen LogP contribution is -2.17. The van der Waals surface area contributed by atoms with E-state index >= 15 is 0 Å². The van der Waals surface area contributed by atoms with Crippen LogP contribution in [0.25, 0.3) is 56.2 Å². The zero-order valence-corrected chi connectivity index (χ0v) is 31.9. The molecule has 0 N–H and O–H groups in total. The molecular weight excluding hydrogens is 713 g/mol. The minimum atomic E-state index is 0.493. The molecule has 1 aliphatic heterocycles. The number of anilines is 3. The number of hydrogen-bond acceptors (Lipinski definition) is 5. The second-order valence-corrected chi connectivity index (χ2v) is 15.1. The van der Waals surface area contributed by atoms with Crippen molar-refractivity contribution in [3.63, 3.8) is 0 Å². The zero-order chi connectivity index (χ0) is 38.0. The maximum atomic E-state index is 5.16. The van der Waals surface area contributed by atoms with Gasteiger partial charge in [0.1, 0.15) is 5.82 Å². The lowest BCUT2D eigenvalue weighted by atomic mass is 9.90. The summed E-state index contributed by atoms with van der Waals surface area (Å²) >= 11 is 1.81. The minimum absolute atomic E-state index is 0.493. The first-order valence-corrected chi connectivity index (χ1v) is 20.0. The molecule has 8 aromatic carbocycles. The van der Waals surface area contributed by atoms with E-state index in [1.165, 1.54) is 32.0 Å². The molecule has 2 heterocycles. The molecule has 0 saturated carbocycles. The average molecular weight is 749 g/mol. The SMILES string of the molecule is c1ccc(-c2nc(Cc3cc(-c4ccc(-c5ccccc5)c(-c5ccccc5)c4)ccc3N3c4ccccc4Sc4ccccc43)nc(-c3ccccc3)n2)cc1. The summed E-state index contributed by atoms with van der Waals surface area (Å²) in [5.74, 6) is 2.02. The Hall–Kier alpha value is -7.08. The predicted molar refractivity (Wildman–Crippen MR) is 235 cm³/mol. The lowest BCUT2D eigenvalue weighted by Gasteiger charge is -2.34. The van der Waals surface area contributed by atoms with Crippen molar-refractivity contribution in [1.82, 2.24) is 15.0 Å². The maximum absolute atomic E-state index is 5.16. The molecule has 0 fully saturated rings. The second kappa shape index (κ2) is 15.2. The maximum Gasteiger partial charge on any atom is 0.163 e. The molecule has 10 rings (SSSR count). The smallest absolute Gasteiger partial charge is 0.163 e. The topological polar surface area (TPSA) is 41.9 Å². The molecule has 0 unspecified atom stereocenters. The Balaban J connectivity index is 1.17. The van der Waals surface area contributed by atoms with E-state index in [1.807, 2.05) is 48.2 Å². The van der Waals surface area contributed by atoms with Crippen LogP contribution in [0.2, 0.25) is 0 Å². The molecule has 0 bridgehead atoms. The number of fused-ring (bicyclic) bond motifs is 2. The molecule has 0 aliphatic carbocycles. The molecule has 0 amide bonds. The third kappa shape index (κ3) is 6.90. The Kier molecular flexibility index (Phi) is 9.19. The highest BCUT2D eigenvalue weighted by molar-refractivity contribution is 7.99. The molecule has 270 valence electrons. The minimum Gasteiger partial charge on any atom is -0.308 e. The van der Waals surface area contributed by atoms with Crippen LogP contribution in [0.4, 0.5) is 17.1 Å². The molecule has 1 aromatic heterocycles. The standard InChI is InChI=1S/C52H36N4S/c1-5-17-36(18-6-1)43-31-29-41(34-44(43)37-19-7-2-8-20-37)40-30-32-45(56-46-25-13-15-27-48(46)57-49-28-16-14-26-47(49)56)42(33-40)35-50-53-51(38-21-9-3-10-22-38)55-52(54-50)39-23-11-4-12-24-39/h1-34H,35H2. The van der Waals surface area contributed by atoms with Crippen LogP contribution >= 0.6 is 11.8 Å². The van der Waals surface area contributed by atoms with Crippen molar-refractivity contribution >= 4 is 28.8 Å². The molecular formula is C52H36N4S. The van der Waals surface area contributed by atoms with Gasteiger partial charge in [-0.05, 0) is 81.4 Å². The largest absolute Gasteiger partial charge is 0.308 e. The van der Waals surface area contributed by atoms with Crippen LogP contribution in [-0.2, 0) is 6.42 Å².